The number of morpholine rings is 1. The first-order chi connectivity index (χ1) is 8.72. The Bertz CT molecular complexity index is 476. The third-order valence-corrected chi connectivity index (χ3v) is 2.86. The molecular weight excluding hydrogens is 230 g/mol. The van der Waals surface area contributed by atoms with Crippen LogP contribution >= 0.6 is 0 Å². The van der Waals surface area contributed by atoms with Crippen LogP contribution in [0.1, 0.15) is 15.9 Å². The van der Waals surface area contributed by atoms with Crippen LogP contribution in [0, 0.1) is 6.07 Å². The lowest BCUT2D eigenvalue weighted by atomic mass is 10.0. The van der Waals surface area contributed by atoms with Gasteiger partial charge in [0.2, 0.25) is 0 Å². The molecule has 1 aliphatic heterocycles. The molecule has 93 valence electrons. The number of ether oxygens (including phenoxy) is 1. The van der Waals surface area contributed by atoms with Crippen LogP contribution in [0.2, 0.25) is 0 Å². The highest BCUT2D eigenvalue weighted by Gasteiger charge is 2.20. The van der Waals surface area contributed by atoms with Gasteiger partial charge in [0.05, 0.1) is 13.2 Å². The van der Waals surface area contributed by atoms with E-state index < -0.39 is 0 Å². The lowest BCUT2D eigenvalue weighted by Gasteiger charge is -2.27. The Labute approximate surface area is 106 Å². The summed E-state index contributed by atoms with van der Waals surface area (Å²) in [6.07, 6.45) is 0.704. The Kier molecular flexibility index (Phi) is 3.89. The number of amides is 1. The van der Waals surface area contributed by atoms with Crippen molar-refractivity contribution in [1.82, 2.24) is 4.90 Å². The van der Waals surface area contributed by atoms with Crippen LogP contribution in [0.3, 0.4) is 0 Å². The van der Waals surface area contributed by atoms with Gasteiger partial charge in [-0.15, -0.1) is 0 Å². The second-order valence-corrected chi connectivity index (χ2v) is 4.03. The summed E-state index contributed by atoms with van der Waals surface area (Å²) in [5, 5.41) is 0. The molecule has 0 N–H and O–H groups in total. The van der Waals surface area contributed by atoms with Crippen LogP contribution in [-0.4, -0.2) is 43.4 Å². The van der Waals surface area contributed by atoms with E-state index in [2.05, 4.69) is 12.6 Å². The van der Waals surface area contributed by atoms with E-state index in [1.807, 2.05) is 0 Å². The molecule has 4 heteroatoms. The van der Waals surface area contributed by atoms with E-state index in [-0.39, 0.29) is 5.91 Å². The normalized spacial score (nSPS) is 15.2. The molecule has 1 saturated heterocycles. The third-order valence-electron chi connectivity index (χ3n) is 2.86. The molecule has 1 aromatic carbocycles. The lowest BCUT2D eigenvalue weighted by molar-refractivity contribution is -0.128. The molecule has 0 bridgehead atoms. The van der Waals surface area contributed by atoms with E-state index in [0.717, 1.165) is 0 Å². The number of benzene rings is 1. The van der Waals surface area contributed by atoms with E-state index in [4.69, 9.17) is 4.74 Å². The van der Waals surface area contributed by atoms with Crippen molar-refractivity contribution < 1.29 is 14.3 Å². The minimum absolute atomic E-state index is 0.110. The number of hydrogen-bond donors (Lipinski definition) is 0. The van der Waals surface area contributed by atoms with Crippen LogP contribution in [0.15, 0.2) is 24.8 Å². The summed E-state index contributed by atoms with van der Waals surface area (Å²) in [6.45, 7) is 6.09. The van der Waals surface area contributed by atoms with Gasteiger partial charge >= 0.3 is 0 Å². The van der Waals surface area contributed by atoms with E-state index in [0.29, 0.717) is 49.3 Å². The smallest absolute Gasteiger partial charge is 0.254 e. The van der Waals surface area contributed by atoms with Crippen molar-refractivity contribution >= 4 is 17.8 Å². The number of aldehydes is 1. The summed E-state index contributed by atoms with van der Waals surface area (Å²) >= 11 is 0. The first-order valence-corrected chi connectivity index (χ1v) is 5.75. The van der Waals surface area contributed by atoms with Gasteiger partial charge in [0, 0.05) is 24.2 Å². The van der Waals surface area contributed by atoms with Crippen molar-refractivity contribution in [3.63, 3.8) is 0 Å². The van der Waals surface area contributed by atoms with E-state index in [1.54, 1.807) is 23.1 Å². The molecule has 1 heterocycles. The molecule has 0 saturated carbocycles. The first kappa shape index (κ1) is 12.5. The molecule has 2 rings (SSSR count). The van der Waals surface area contributed by atoms with Gasteiger partial charge in [-0.2, -0.15) is 0 Å². The fourth-order valence-electron chi connectivity index (χ4n) is 1.82. The van der Waals surface area contributed by atoms with Crippen molar-refractivity contribution in [1.29, 1.82) is 0 Å². The minimum Gasteiger partial charge on any atom is -0.378 e. The molecule has 18 heavy (non-hydrogen) atoms. The highest BCUT2D eigenvalue weighted by Crippen LogP contribution is 2.16. The molecule has 0 aromatic heterocycles. The number of carbonyl (C=O) groups excluding carboxylic acids is 2. The maximum atomic E-state index is 12.2. The SMILES string of the molecule is C=C(C(=O)N1CCOCC1)c1cc[c]c(C=O)c1. The lowest BCUT2D eigenvalue weighted by Crippen LogP contribution is -2.40. The number of rotatable bonds is 3. The molecule has 0 spiro atoms. The Morgan fingerprint density at radius 3 is 2.83 bits per heavy atom. The second-order valence-electron chi connectivity index (χ2n) is 4.03. The van der Waals surface area contributed by atoms with Crippen molar-refractivity contribution in [2.24, 2.45) is 0 Å². The highest BCUT2D eigenvalue weighted by atomic mass is 16.5. The van der Waals surface area contributed by atoms with Crippen LogP contribution in [0.4, 0.5) is 0 Å². The van der Waals surface area contributed by atoms with Gasteiger partial charge in [-0.25, -0.2) is 0 Å². The van der Waals surface area contributed by atoms with Gasteiger partial charge in [-0.3, -0.25) is 9.59 Å². The molecule has 1 aromatic rings. The fourth-order valence-corrected chi connectivity index (χ4v) is 1.82. The molecule has 0 atom stereocenters. The molecule has 0 unspecified atom stereocenters. The monoisotopic (exact) mass is 244 g/mol. The quantitative estimate of drug-likeness (QED) is 0.592. The Morgan fingerprint density at radius 2 is 2.17 bits per heavy atom. The van der Waals surface area contributed by atoms with Gasteiger partial charge in [-0.1, -0.05) is 18.7 Å². The largest absolute Gasteiger partial charge is 0.378 e. The molecule has 1 aliphatic rings. The maximum absolute atomic E-state index is 12.2. The van der Waals surface area contributed by atoms with Crippen LogP contribution in [0.5, 0.6) is 0 Å². The predicted octanol–water partition coefficient (Wildman–Crippen LogP) is 1.17. The van der Waals surface area contributed by atoms with E-state index in [1.165, 1.54) is 0 Å². The topological polar surface area (TPSA) is 46.6 Å². The molecule has 1 radical (unpaired) electrons. The van der Waals surface area contributed by atoms with Gasteiger partial charge in [0.15, 0.2) is 6.29 Å². The average Bonchev–Trinajstić information content (AvgIpc) is 2.46. The summed E-state index contributed by atoms with van der Waals surface area (Å²) < 4.78 is 5.20. The fraction of sp³-hybridized carbons (Fsp3) is 0.286. The standard InChI is InChI=1S/C14H14NO3/c1-11(13-4-2-3-12(9-13)10-16)14(17)15-5-7-18-8-6-15/h2,4,9-10H,1,5-8H2. The molecule has 1 fully saturated rings. The minimum atomic E-state index is -0.110. The molecule has 1 amide bonds. The van der Waals surface area contributed by atoms with Crippen LogP contribution in [-0.2, 0) is 9.53 Å². The third kappa shape index (κ3) is 2.65. The van der Waals surface area contributed by atoms with E-state index >= 15 is 0 Å². The highest BCUT2D eigenvalue weighted by molar-refractivity contribution is 6.18. The van der Waals surface area contributed by atoms with Gasteiger partial charge in [0.1, 0.15) is 0 Å². The summed E-state index contributed by atoms with van der Waals surface area (Å²) in [5.41, 5.74) is 1.48. The van der Waals surface area contributed by atoms with Crippen molar-refractivity contribution in [3.05, 3.63) is 42.0 Å². The summed E-state index contributed by atoms with van der Waals surface area (Å²) in [5.74, 6) is -0.110. The molecular formula is C14H14NO3. The van der Waals surface area contributed by atoms with Gasteiger partial charge < -0.3 is 9.64 Å². The number of carbonyl (C=O) groups is 2. The Balaban J connectivity index is 2.14. The number of hydrogen-bond acceptors (Lipinski definition) is 3. The number of nitrogens with zero attached hydrogens (tertiary/aromatic N) is 1. The van der Waals surface area contributed by atoms with Crippen molar-refractivity contribution in [2.45, 2.75) is 0 Å². The van der Waals surface area contributed by atoms with E-state index in [9.17, 15) is 9.59 Å². The second kappa shape index (κ2) is 5.60. The zero-order chi connectivity index (χ0) is 13.0. The molecule has 4 nitrogen and oxygen atoms in total. The maximum Gasteiger partial charge on any atom is 0.254 e. The van der Waals surface area contributed by atoms with Gasteiger partial charge in [0.25, 0.3) is 5.91 Å². The Morgan fingerprint density at radius 1 is 1.44 bits per heavy atom. The predicted molar refractivity (Wildman–Crippen MR) is 67.1 cm³/mol. The summed E-state index contributed by atoms with van der Waals surface area (Å²) in [6, 6.07) is 7.75. The summed E-state index contributed by atoms with van der Waals surface area (Å²) in [4.78, 5) is 24.6. The van der Waals surface area contributed by atoms with Gasteiger partial charge in [-0.05, 0) is 17.7 Å². The van der Waals surface area contributed by atoms with Crippen molar-refractivity contribution in [3.8, 4) is 0 Å². The average molecular weight is 244 g/mol. The first-order valence-electron chi connectivity index (χ1n) is 5.75. The zero-order valence-corrected chi connectivity index (χ0v) is 10.0. The molecule has 0 aliphatic carbocycles. The van der Waals surface area contributed by atoms with Crippen molar-refractivity contribution in [2.75, 3.05) is 26.3 Å². The van der Waals surface area contributed by atoms with Crippen LogP contribution < -0.4 is 0 Å². The van der Waals surface area contributed by atoms with Crippen LogP contribution in [0.25, 0.3) is 5.57 Å². The zero-order valence-electron chi connectivity index (χ0n) is 10.0. The Hall–Kier alpha value is -1.94. The summed E-state index contributed by atoms with van der Waals surface area (Å²) in [7, 11) is 0.